The summed E-state index contributed by atoms with van der Waals surface area (Å²) in [7, 11) is 0. The average molecular weight is 300 g/mol. The summed E-state index contributed by atoms with van der Waals surface area (Å²) in [6.07, 6.45) is 4.97. The van der Waals surface area contributed by atoms with E-state index in [0.717, 1.165) is 16.7 Å². The number of aryl methyl sites for hydroxylation is 1. The van der Waals surface area contributed by atoms with Crippen LogP contribution in [0.4, 0.5) is 0 Å². The molecule has 1 aliphatic heterocycles. The lowest BCUT2D eigenvalue weighted by molar-refractivity contribution is -0.111. The molecule has 112 valence electrons. The van der Waals surface area contributed by atoms with Gasteiger partial charge >= 0.3 is 0 Å². The highest BCUT2D eigenvalue weighted by Crippen LogP contribution is 2.46. The zero-order chi connectivity index (χ0) is 15.8. The highest BCUT2D eigenvalue weighted by molar-refractivity contribution is 6.15. The van der Waals surface area contributed by atoms with Gasteiger partial charge in [-0.2, -0.15) is 0 Å². The molecule has 2 aromatic rings. The number of rotatable bonds is 2. The highest BCUT2D eigenvalue weighted by atomic mass is 16.5. The van der Waals surface area contributed by atoms with Gasteiger partial charge in [-0.05, 0) is 30.2 Å². The smallest absolute Gasteiger partial charge is 0.190 e. The van der Waals surface area contributed by atoms with Crippen LogP contribution in [-0.2, 0) is 9.53 Å². The maximum absolute atomic E-state index is 12.4. The fraction of sp³-hybridized carbons (Fsp3) is 0.0952. The van der Waals surface area contributed by atoms with Crippen molar-refractivity contribution in [2.24, 2.45) is 0 Å². The van der Waals surface area contributed by atoms with Crippen LogP contribution in [0.1, 0.15) is 22.8 Å². The third-order valence-electron chi connectivity index (χ3n) is 4.23. The fourth-order valence-corrected chi connectivity index (χ4v) is 3.08. The molecule has 2 nitrogen and oxygen atoms in total. The van der Waals surface area contributed by atoms with E-state index >= 15 is 0 Å². The Morgan fingerprint density at radius 1 is 0.957 bits per heavy atom. The summed E-state index contributed by atoms with van der Waals surface area (Å²) in [5, 5.41) is 0. The van der Waals surface area contributed by atoms with Crippen LogP contribution in [0.15, 0.2) is 84.2 Å². The molecular weight excluding hydrogens is 284 g/mol. The Bertz CT molecular complexity index is 852. The Balaban J connectivity index is 1.90. The molecule has 1 aliphatic carbocycles. The largest absolute Gasteiger partial charge is 0.480 e. The first kappa shape index (κ1) is 13.8. The molecule has 2 heteroatoms. The number of hydrogen-bond acceptors (Lipinski definition) is 2. The normalized spacial score (nSPS) is 19.4. The standard InChI is InChI=1S/C21H16O2/c1-14-10-12-16(13-11-14)21-19(15-6-3-2-4-7-15)20-17(22)8-5-9-18(20)23-21/h2-13,21H,1H3. The summed E-state index contributed by atoms with van der Waals surface area (Å²) in [4.78, 5) is 12.4. The quantitative estimate of drug-likeness (QED) is 0.813. The summed E-state index contributed by atoms with van der Waals surface area (Å²) in [5.41, 5.74) is 4.93. The maximum atomic E-state index is 12.4. The fourth-order valence-electron chi connectivity index (χ4n) is 3.08. The minimum atomic E-state index is -0.247. The Morgan fingerprint density at radius 3 is 2.43 bits per heavy atom. The van der Waals surface area contributed by atoms with Gasteiger partial charge < -0.3 is 4.74 Å². The van der Waals surface area contributed by atoms with Crippen molar-refractivity contribution in [2.75, 3.05) is 0 Å². The molecule has 2 aromatic carbocycles. The van der Waals surface area contributed by atoms with E-state index < -0.39 is 0 Å². The third-order valence-corrected chi connectivity index (χ3v) is 4.23. The number of allylic oxidation sites excluding steroid dienone is 4. The molecule has 0 N–H and O–H groups in total. The van der Waals surface area contributed by atoms with Gasteiger partial charge in [0.25, 0.3) is 0 Å². The van der Waals surface area contributed by atoms with Crippen LogP contribution in [0.25, 0.3) is 5.57 Å². The molecule has 0 radical (unpaired) electrons. The van der Waals surface area contributed by atoms with Crippen LogP contribution in [-0.4, -0.2) is 5.78 Å². The van der Waals surface area contributed by atoms with Crippen LogP contribution in [0.2, 0.25) is 0 Å². The molecule has 0 saturated carbocycles. The molecule has 0 amide bonds. The molecule has 23 heavy (non-hydrogen) atoms. The molecule has 1 heterocycles. The number of ether oxygens (including phenoxy) is 1. The lowest BCUT2D eigenvalue weighted by atomic mass is 9.89. The van der Waals surface area contributed by atoms with Gasteiger partial charge in [-0.3, -0.25) is 4.79 Å². The van der Waals surface area contributed by atoms with E-state index in [9.17, 15) is 4.79 Å². The van der Waals surface area contributed by atoms with Gasteiger partial charge in [-0.15, -0.1) is 0 Å². The van der Waals surface area contributed by atoms with Crippen molar-refractivity contribution >= 4 is 11.4 Å². The molecular formula is C21H16O2. The van der Waals surface area contributed by atoms with Gasteiger partial charge in [-0.1, -0.05) is 66.2 Å². The number of carbonyl (C=O) groups is 1. The van der Waals surface area contributed by atoms with Crippen LogP contribution in [0.3, 0.4) is 0 Å². The van der Waals surface area contributed by atoms with Crippen molar-refractivity contribution in [2.45, 2.75) is 13.0 Å². The maximum Gasteiger partial charge on any atom is 0.190 e. The van der Waals surface area contributed by atoms with Crippen molar-refractivity contribution in [3.8, 4) is 0 Å². The number of benzene rings is 2. The molecule has 1 atom stereocenters. The molecule has 4 rings (SSSR count). The zero-order valence-corrected chi connectivity index (χ0v) is 12.8. The summed E-state index contributed by atoms with van der Waals surface area (Å²) in [6.45, 7) is 2.06. The van der Waals surface area contributed by atoms with Crippen molar-refractivity contribution in [1.82, 2.24) is 0 Å². The minimum Gasteiger partial charge on any atom is -0.480 e. The molecule has 0 saturated heterocycles. The number of ketones is 1. The number of hydrogen-bond donors (Lipinski definition) is 0. The molecule has 1 unspecified atom stereocenters. The van der Waals surface area contributed by atoms with Gasteiger partial charge in [0.2, 0.25) is 0 Å². The van der Waals surface area contributed by atoms with E-state index in [1.54, 1.807) is 12.2 Å². The topological polar surface area (TPSA) is 26.3 Å². The lowest BCUT2D eigenvalue weighted by Gasteiger charge is -2.16. The molecule has 2 aliphatic rings. The molecule has 0 spiro atoms. The summed E-state index contributed by atoms with van der Waals surface area (Å²) >= 11 is 0. The molecule has 0 aromatic heterocycles. The third kappa shape index (κ3) is 2.33. The minimum absolute atomic E-state index is 0.0102. The van der Waals surface area contributed by atoms with Crippen LogP contribution >= 0.6 is 0 Å². The Labute approximate surface area is 135 Å². The van der Waals surface area contributed by atoms with Crippen molar-refractivity contribution in [3.05, 3.63) is 101 Å². The van der Waals surface area contributed by atoms with Gasteiger partial charge in [-0.25, -0.2) is 0 Å². The van der Waals surface area contributed by atoms with E-state index in [1.807, 2.05) is 36.4 Å². The Hall–Kier alpha value is -2.87. The summed E-state index contributed by atoms with van der Waals surface area (Å²) in [5.74, 6) is 0.679. The summed E-state index contributed by atoms with van der Waals surface area (Å²) < 4.78 is 6.14. The van der Waals surface area contributed by atoms with E-state index in [-0.39, 0.29) is 11.9 Å². The lowest BCUT2D eigenvalue weighted by Crippen LogP contribution is -2.04. The second-order valence-electron chi connectivity index (χ2n) is 5.82. The van der Waals surface area contributed by atoms with E-state index in [1.165, 1.54) is 5.56 Å². The van der Waals surface area contributed by atoms with E-state index in [2.05, 4.69) is 31.2 Å². The van der Waals surface area contributed by atoms with E-state index in [0.29, 0.717) is 11.3 Å². The van der Waals surface area contributed by atoms with Crippen LogP contribution in [0.5, 0.6) is 0 Å². The second-order valence-corrected chi connectivity index (χ2v) is 5.82. The summed E-state index contributed by atoms with van der Waals surface area (Å²) in [6, 6.07) is 18.3. The van der Waals surface area contributed by atoms with Crippen molar-refractivity contribution in [3.63, 3.8) is 0 Å². The van der Waals surface area contributed by atoms with Gasteiger partial charge in [0.1, 0.15) is 5.76 Å². The van der Waals surface area contributed by atoms with Crippen LogP contribution in [0, 0.1) is 6.92 Å². The first-order chi connectivity index (χ1) is 11.2. The van der Waals surface area contributed by atoms with Gasteiger partial charge in [0.05, 0.1) is 5.57 Å². The van der Waals surface area contributed by atoms with E-state index in [4.69, 9.17) is 4.74 Å². The Kier molecular flexibility index (Phi) is 3.23. The number of carbonyl (C=O) groups excluding carboxylic acids is 1. The first-order valence-corrected chi connectivity index (χ1v) is 7.70. The Morgan fingerprint density at radius 2 is 1.70 bits per heavy atom. The van der Waals surface area contributed by atoms with Crippen LogP contribution < -0.4 is 0 Å². The second kappa shape index (κ2) is 5.40. The zero-order valence-electron chi connectivity index (χ0n) is 12.8. The molecule has 0 bridgehead atoms. The van der Waals surface area contributed by atoms with Gasteiger partial charge in [0, 0.05) is 5.57 Å². The SMILES string of the molecule is Cc1ccc(C2OC3=CC=CC(=O)C3=C2c2ccccc2)cc1. The predicted octanol–water partition coefficient (Wildman–Crippen LogP) is 4.54. The molecule has 0 fully saturated rings. The average Bonchev–Trinajstić information content (AvgIpc) is 2.97. The van der Waals surface area contributed by atoms with Gasteiger partial charge in [0.15, 0.2) is 11.9 Å². The number of fused-ring (bicyclic) bond motifs is 1. The predicted molar refractivity (Wildman–Crippen MR) is 90.6 cm³/mol. The monoisotopic (exact) mass is 300 g/mol. The first-order valence-electron chi connectivity index (χ1n) is 7.70. The highest BCUT2D eigenvalue weighted by Gasteiger charge is 2.36. The van der Waals surface area contributed by atoms with Crippen molar-refractivity contribution < 1.29 is 9.53 Å². The van der Waals surface area contributed by atoms with Crippen molar-refractivity contribution in [1.29, 1.82) is 0 Å².